The van der Waals surface area contributed by atoms with E-state index in [4.69, 9.17) is 14.2 Å². The van der Waals surface area contributed by atoms with Crippen molar-refractivity contribution in [1.82, 2.24) is 5.32 Å². The molecule has 0 aliphatic rings. The molecule has 0 saturated heterocycles. The number of aryl methyl sites for hydroxylation is 1. The Balaban J connectivity index is 3.19. The molecule has 0 aliphatic carbocycles. The molecule has 0 aliphatic heterocycles. The maximum Gasteiger partial charge on any atom is 0.176 e. The summed E-state index contributed by atoms with van der Waals surface area (Å²) in [5, 5.41) is 3.28. The first-order chi connectivity index (χ1) is 9.60. The van der Waals surface area contributed by atoms with E-state index in [1.54, 1.807) is 7.11 Å². The van der Waals surface area contributed by atoms with E-state index in [2.05, 4.69) is 31.3 Å². The monoisotopic (exact) mass is 281 g/mol. The van der Waals surface area contributed by atoms with Crippen molar-refractivity contribution in [1.29, 1.82) is 0 Å². The summed E-state index contributed by atoms with van der Waals surface area (Å²) in [6.07, 6.45) is -0.328. The summed E-state index contributed by atoms with van der Waals surface area (Å²) in [7, 11) is 3.61. The number of nitrogens with one attached hydrogen (secondary N) is 1. The van der Waals surface area contributed by atoms with Crippen LogP contribution in [-0.2, 0) is 9.47 Å². The average molecular weight is 281 g/mol. The lowest BCUT2D eigenvalue weighted by Gasteiger charge is -2.28. The zero-order valence-corrected chi connectivity index (χ0v) is 13.4. The highest BCUT2D eigenvalue weighted by atomic mass is 16.7. The molecule has 4 heteroatoms. The van der Waals surface area contributed by atoms with Crippen LogP contribution >= 0.6 is 0 Å². The molecule has 0 aromatic heterocycles. The maximum atomic E-state index is 5.72. The van der Waals surface area contributed by atoms with Crippen LogP contribution in [0.2, 0.25) is 0 Å². The van der Waals surface area contributed by atoms with Crippen molar-refractivity contribution in [2.75, 3.05) is 27.4 Å². The number of hydrogen-bond acceptors (Lipinski definition) is 4. The van der Waals surface area contributed by atoms with E-state index in [1.807, 2.05) is 20.9 Å². The Morgan fingerprint density at radius 2 is 1.70 bits per heavy atom. The summed E-state index contributed by atoms with van der Waals surface area (Å²) in [5.41, 5.74) is 3.42. The second kappa shape index (κ2) is 8.25. The number of ether oxygens (including phenoxy) is 3. The number of benzene rings is 1. The van der Waals surface area contributed by atoms with Crippen LogP contribution in [0.15, 0.2) is 12.1 Å². The van der Waals surface area contributed by atoms with Crippen molar-refractivity contribution in [3.63, 3.8) is 0 Å². The van der Waals surface area contributed by atoms with E-state index in [9.17, 15) is 0 Å². The molecule has 20 heavy (non-hydrogen) atoms. The highest BCUT2D eigenvalue weighted by molar-refractivity contribution is 5.47. The van der Waals surface area contributed by atoms with Crippen molar-refractivity contribution >= 4 is 0 Å². The Morgan fingerprint density at radius 1 is 1.10 bits per heavy atom. The van der Waals surface area contributed by atoms with Gasteiger partial charge in [0.1, 0.15) is 5.75 Å². The van der Waals surface area contributed by atoms with E-state index >= 15 is 0 Å². The Bertz CT molecular complexity index is 414. The molecule has 1 aromatic carbocycles. The summed E-state index contributed by atoms with van der Waals surface area (Å²) in [6, 6.07) is 4.11. The Labute approximate surface area is 122 Å². The van der Waals surface area contributed by atoms with Gasteiger partial charge in [0.05, 0.1) is 13.2 Å². The van der Waals surface area contributed by atoms with Gasteiger partial charge in [-0.2, -0.15) is 0 Å². The average Bonchev–Trinajstić information content (AvgIpc) is 2.44. The van der Waals surface area contributed by atoms with Gasteiger partial charge in [0, 0.05) is 18.8 Å². The van der Waals surface area contributed by atoms with Crippen LogP contribution in [0, 0.1) is 13.8 Å². The topological polar surface area (TPSA) is 39.7 Å². The van der Waals surface area contributed by atoms with Gasteiger partial charge in [-0.15, -0.1) is 0 Å². The second-order valence-electron chi connectivity index (χ2n) is 4.68. The van der Waals surface area contributed by atoms with Crippen LogP contribution in [0.1, 0.15) is 36.6 Å². The molecule has 4 nitrogen and oxygen atoms in total. The molecule has 1 rings (SSSR count). The summed E-state index contributed by atoms with van der Waals surface area (Å²) < 4.78 is 17.0. The van der Waals surface area contributed by atoms with Crippen LogP contribution in [0.4, 0.5) is 0 Å². The van der Waals surface area contributed by atoms with Gasteiger partial charge in [-0.05, 0) is 45.9 Å². The molecule has 0 amide bonds. The van der Waals surface area contributed by atoms with E-state index < -0.39 is 0 Å². The maximum absolute atomic E-state index is 5.72. The molecule has 1 atom stereocenters. The molecule has 1 N–H and O–H groups in total. The van der Waals surface area contributed by atoms with Crippen molar-refractivity contribution < 1.29 is 14.2 Å². The van der Waals surface area contributed by atoms with Gasteiger partial charge in [-0.25, -0.2) is 0 Å². The van der Waals surface area contributed by atoms with Crippen molar-refractivity contribution in [2.24, 2.45) is 0 Å². The SMILES string of the molecule is CCOC(OCC)C(NC)c1ccc(C)c(C)c1OC. The number of hydrogen-bond donors (Lipinski definition) is 1. The largest absolute Gasteiger partial charge is 0.496 e. The van der Waals surface area contributed by atoms with Gasteiger partial charge in [-0.3, -0.25) is 0 Å². The van der Waals surface area contributed by atoms with Gasteiger partial charge in [0.2, 0.25) is 0 Å². The Kier molecular flexibility index (Phi) is 6.99. The third kappa shape index (κ3) is 3.72. The van der Waals surface area contributed by atoms with Crippen molar-refractivity contribution in [3.05, 3.63) is 28.8 Å². The molecule has 0 spiro atoms. The predicted molar refractivity (Wildman–Crippen MR) is 81.3 cm³/mol. The third-order valence-electron chi connectivity index (χ3n) is 3.49. The Hall–Kier alpha value is -1.10. The van der Waals surface area contributed by atoms with Gasteiger partial charge < -0.3 is 19.5 Å². The third-order valence-corrected chi connectivity index (χ3v) is 3.49. The summed E-state index contributed by atoms with van der Waals surface area (Å²) in [4.78, 5) is 0. The smallest absolute Gasteiger partial charge is 0.176 e. The lowest BCUT2D eigenvalue weighted by molar-refractivity contribution is -0.154. The van der Waals surface area contributed by atoms with E-state index in [-0.39, 0.29) is 12.3 Å². The molecular formula is C16H27NO3. The minimum Gasteiger partial charge on any atom is -0.496 e. The standard InChI is InChI=1S/C16H27NO3/c1-7-19-16(20-8-2)14(17-5)13-10-9-11(3)12(4)15(13)18-6/h9-10,14,16-17H,7-8H2,1-6H3. The summed E-state index contributed by atoms with van der Waals surface area (Å²) in [6.45, 7) is 9.30. The van der Waals surface area contributed by atoms with E-state index in [0.29, 0.717) is 13.2 Å². The number of rotatable bonds is 8. The van der Waals surface area contributed by atoms with Gasteiger partial charge in [-0.1, -0.05) is 12.1 Å². The normalized spacial score (nSPS) is 12.8. The molecule has 1 unspecified atom stereocenters. The predicted octanol–water partition coefficient (Wildman–Crippen LogP) is 2.97. The highest BCUT2D eigenvalue weighted by Gasteiger charge is 2.26. The Morgan fingerprint density at radius 3 is 2.15 bits per heavy atom. The van der Waals surface area contributed by atoms with Crippen LogP contribution in [0.25, 0.3) is 0 Å². The zero-order chi connectivity index (χ0) is 15.1. The lowest BCUT2D eigenvalue weighted by Crippen LogP contribution is -2.34. The number of methoxy groups -OCH3 is 1. The fourth-order valence-corrected chi connectivity index (χ4v) is 2.33. The van der Waals surface area contributed by atoms with Crippen LogP contribution in [0.5, 0.6) is 5.75 Å². The molecule has 0 saturated carbocycles. The molecule has 0 bridgehead atoms. The zero-order valence-electron chi connectivity index (χ0n) is 13.4. The molecule has 1 aromatic rings. The van der Waals surface area contributed by atoms with E-state index in [0.717, 1.165) is 16.9 Å². The van der Waals surface area contributed by atoms with Crippen LogP contribution < -0.4 is 10.1 Å². The van der Waals surface area contributed by atoms with E-state index in [1.165, 1.54) is 5.56 Å². The molecule has 114 valence electrons. The quantitative estimate of drug-likeness (QED) is 0.744. The minimum atomic E-state index is -0.328. The molecule has 0 fully saturated rings. The van der Waals surface area contributed by atoms with Gasteiger partial charge in [0.25, 0.3) is 0 Å². The fourth-order valence-electron chi connectivity index (χ4n) is 2.33. The number of likely N-dealkylation sites (N-methyl/N-ethyl adjacent to an activating group) is 1. The first kappa shape index (κ1) is 17.0. The fraction of sp³-hybridized carbons (Fsp3) is 0.625. The van der Waals surface area contributed by atoms with Crippen LogP contribution in [0.3, 0.4) is 0 Å². The van der Waals surface area contributed by atoms with Gasteiger partial charge >= 0.3 is 0 Å². The first-order valence-corrected chi connectivity index (χ1v) is 7.15. The van der Waals surface area contributed by atoms with Crippen molar-refractivity contribution in [2.45, 2.75) is 40.0 Å². The molecule has 0 heterocycles. The molecule has 0 radical (unpaired) electrons. The van der Waals surface area contributed by atoms with Crippen molar-refractivity contribution in [3.8, 4) is 5.75 Å². The summed E-state index contributed by atoms with van der Waals surface area (Å²) in [5.74, 6) is 0.897. The molecular weight excluding hydrogens is 254 g/mol. The second-order valence-corrected chi connectivity index (χ2v) is 4.68. The van der Waals surface area contributed by atoms with Crippen LogP contribution in [-0.4, -0.2) is 33.7 Å². The van der Waals surface area contributed by atoms with Gasteiger partial charge in [0.15, 0.2) is 6.29 Å². The minimum absolute atomic E-state index is 0.0656. The summed E-state index contributed by atoms with van der Waals surface area (Å²) >= 11 is 0. The highest BCUT2D eigenvalue weighted by Crippen LogP contribution is 2.33. The lowest BCUT2D eigenvalue weighted by atomic mass is 9.98. The first-order valence-electron chi connectivity index (χ1n) is 7.15.